The van der Waals surface area contributed by atoms with Crippen LogP contribution in [0.5, 0.6) is 0 Å². The van der Waals surface area contributed by atoms with Gasteiger partial charge in [-0.1, -0.05) is 12.1 Å². The average Bonchev–Trinajstić information content (AvgIpc) is 3.29. The number of anilines is 1. The van der Waals surface area contributed by atoms with E-state index in [0.29, 0.717) is 0 Å². The molecule has 1 aromatic carbocycles. The highest BCUT2D eigenvalue weighted by Crippen LogP contribution is 2.21. The van der Waals surface area contributed by atoms with Gasteiger partial charge in [0, 0.05) is 40.8 Å². The molecule has 0 spiro atoms. The number of hydrogen-bond donors (Lipinski definition) is 1. The van der Waals surface area contributed by atoms with Crippen molar-refractivity contribution in [1.82, 2.24) is 14.4 Å². The molecular weight excluding hydrogens is 344 g/mol. The summed E-state index contributed by atoms with van der Waals surface area (Å²) in [6, 6.07) is 11.8. The van der Waals surface area contributed by atoms with Gasteiger partial charge in [0.2, 0.25) is 5.91 Å². The molecule has 3 aromatic heterocycles. The molecule has 1 amide bonds. The third kappa shape index (κ3) is 3.55. The van der Waals surface area contributed by atoms with Crippen molar-refractivity contribution in [3.8, 4) is 11.3 Å². The molecule has 0 unspecified atom stereocenters. The van der Waals surface area contributed by atoms with Crippen LogP contribution in [0.25, 0.3) is 23.0 Å². The number of carbonyl (C=O) groups excluding carboxylic acids is 1. The van der Waals surface area contributed by atoms with Crippen LogP contribution in [0.2, 0.25) is 0 Å². The SMILES string of the molecule is Cc1ccn2cc(-c3ccc(NC(=O)/C=C/c4cncs4)cc3)nc2c1. The summed E-state index contributed by atoms with van der Waals surface area (Å²) in [6.07, 6.45) is 8.98. The number of nitrogens with one attached hydrogen (secondary N) is 1. The quantitative estimate of drug-likeness (QED) is 0.548. The minimum Gasteiger partial charge on any atom is -0.323 e. The van der Waals surface area contributed by atoms with Gasteiger partial charge in [0.05, 0.1) is 11.2 Å². The number of fused-ring (bicyclic) bond motifs is 1. The van der Waals surface area contributed by atoms with Gasteiger partial charge in [0.1, 0.15) is 5.65 Å². The van der Waals surface area contributed by atoms with Crippen LogP contribution in [0.3, 0.4) is 0 Å². The van der Waals surface area contributed by atoms with E-state index in [1.54, 1.807) is 17.8 Å². The Labute approximate surface area is 154 Å². The standard InChI is InChI=1S/C20H16N4OS/c1-14-8-9-24-12-18(23-19(24)10-14)15-2-4-16(5-3-15)22-20(25)7-6-17-11-21-13-26-17/h2-13H,1H3,(H,22,25)/b7-6+. The molecule has 0 saturated heterocycles. The molecule has 0 fully saturated rings. The van der Waals surface area contributed by atoms with Crippen LogP contribution in [0, 0.1) is 6.92 Å². The minimum atomic E-state index is -0.172. The van der Waals surface area contributed by atoms with E-state index >= 15 is 0 Å². The zero-order valence-electron chi connectivity index (χ0n) is 14.1. The van der Waals surface area contributed by atoms with Crippen molar-refractivity contribution in [2.75, 3.05) is 5.32 Å². The van der Waals surface area contributed by atoms with Crippen LogP contribution < -0.4 is 5.32 Å². The van der Waals surface area contributed by atoms with E-state index in [0.717, 1.165) is 27.5 Å². The van der Waals surface area contributed by atoms with Crippen LogP contribution in [-0.2, 0) is 4.79 Å². The number of amides is 1. The maximum absolute atomic E-state index is 12.0. The summed E-state index contributed by atoms with van der Waals surface area (Å²) >= 11 is 1.49. The highest BCUT2D eigenvalue weighted by molar-refractivity contribution is 7.10. The summed E-state index contributed by atoms with van der Waals surface area (Å²) in [7, 11) is 0. The number of benzene rings is 1. The lowest BCUT2D eigenvalue weighted by Gasteiger charge is -2.03. The molecule has 6 heteroatoms. The molecule has 0 saturated carbocycles. The summed E-state index contributed by atoms with van der Waals surface area (Å²) in [6.45, 7) is 2.05. The largest absolute Gasteiger partial charge is 0.323 e. The molecule has 5 nitrogen and oxygen atoms in total. The molecule has 1 N–H and O–H groups in total. The summed E-state index contributed by atoms with van der Waals surface area (Å²) < 4.78 is 2.00. The van der Waals surface area contributed by atoms with Crippen molar-refractivity contribution < 1.29 is 4.79 Å². The molecule has 0 bridgehead atoms. The molecule has 0 aliphatic rings. The first kappa shape index (κ1) is 16.2. The fraction of sp³-hybridized carbons (Fsp3) is 0.0500. The van der Waals surface area contributed by atoms with Crippen LogP contribution in [-0.4, -0.2) is 20.3 Å². The summed E-state index contributed by atoms with van der Waals surface area (Å²) in [5.74, 6) is -0.172. The number of hydrogen-bond acceptors (Lipinski definition) is 4. The Bertz CT molecular complexity index is 1080. The number of rotatable bonds is 4. The van der Waals surface area contributed by atoms with Gasteiger partial charge in [-0.25, -0.2) is 4.98 Å². The molecule has 26 heavy (non-hydrogen) atoms. The zero-order chi connectivity index (χ0) is 17.9. The lowest BCUT2D eigenvalue weighted by Crippen LogP contribution is -2.07. The first-order valence-corrected chi connectivity index (χ1v) is 8.99. The molecule has 3 heterocycles. The monoisotopic (exact) mass is 360 g/mol. The number of imidazole rings is 1. The lowest BCUT2D eigenvalue weighted by atomic mass is 10.1. The fourth-order valence-corrected chi connectivity index (χ4v) is 3.11. The van der Waals surface area contributed by atoms with E-state index in [-0.39, 0.29) is 5.91 Å². The normalized spacial score (nSPS) is 11.3. The van der Waals surface area contributed by atoms with E-state index in [9.17, 15) is 4.79 Å². The average molecular weight is 360 g/mol. The number of nitrogens with zero attached hydrogens (tertiary/aromatic N) is 3. The van der Waals surface area contributed by atoms with Crippen LogP contribution in [0.15, 0.2) is 66.6 Å². The summed E-state index contributed by atoms with van der Waals surface area (Å²) in [4.78, 5) is 21.5. The van der Waals surface area contributed by atoms with Gasteiger partial charge >= 0.3 is 0 Å². The highest BCUT2D eigenvalue weighted by atomic mass is 32.1. The Kier molecular flexibility index (Phi) is 4.33. The minimum absolute atomic E-state index is 0.172. The van der Waals surface area contributed by atoms with Crippen molar-refractivity contribution in [3.05, 3.63) is 77.0 Å². The van der Waals surface area contributed by atoms with Crippen molar-refractivity contribution in [2.45, 2.75) is 6.92 Å². The number of thiazole rings is 1. The number of aryl methyl sites for hydroxylation is 1. The Morgan fingerprint density at radius 2 is 2.08 bits per heavy atom. The van der Waals surface area contributed by atoms with Crippen LogP contribution in [0.1, 0.15) is 10.4 Å². The second-order valence-corrected chi connectivity index (χ2v) is 6.82. The predicted molar refractivity (Wildman–Crippen MR) is 105 cm³/mol. The number of pyridine rings is 1. The van der Waals surface area contributed by atoms with Crippen molar-refractivity contribution in [2.24, 2.45) is 0 Å². The van der Waals surface area contributed by atoms with Crippen LogP contribution >= 0.6 is 11.3 Å². The summed E-state index contributed by atoms with van der Waals surface area (Å²) in [5.41, 5.74) is 6.48. The molecule has 0 aliphatic carbocycles. The van der Waals surface area contributed by atoms with E-state index in [1.807, 2.05) is 47.1 Å². The Hall–Kier alpha value is -3.25. The predicted octanol–water partition coefficient (Wildman–Crippen LogP) is 4.42. The van der Waals surface area contributed by atoms with Gasteiger partial charge in [0.15, 0.2) is 0 Å². The first-order chi connectivity index (χ1) is 12.7. The molecule has 0 radical (unpaired) electrons. The Balaban J connectivity index is 1.48. The van der Waals surface area contributed by atoms with Gasteiger partial charge in [-0.15, -0.1) is 11.3 Å². The van der Waals surface area contributed by atoms with Crippen LogP contribution in [0.4, 0.5) is 5.69 Å². The van der Waals surface area contributed by atoms with Crippen molar-refractivity contribution in [3.63, 3.8) is 0 Å². The van der Waals surface area contributed by atoms with E-state index in [4.69, 9.17) is 0 Å². The lowest BCUT2D eigenvalue weighted by molar-refractivity contribution is -0.111. The third-order valence-corrected chi connectivity index (χ3v) is 4.66. The van der Waals surface area contributed by atoms with E-state index < -0.39 is 0 Å². The molecule has 128 valence electrons. The van der Waals surface area contributed by atoms with Gasteiger partial charge < -0.3 is 9.72 Å². The fourth-order valence-electron chi connectivity index (χ4n) is 2.60. The second kappa shape index (κ2) is 6.93. The van der Waals surface area contributed by atoms with Gasteiger partial charge in [-0.2, -0.15) is 0 Å². The van der Waals surface area contributed by atoms with E-state index in [1.165, 1.54) is 23.0 Å². The topological polar surface area (TPSA) is 59.3 Å². The maximum atomic E-state index is 12.0. The Morgan fingerprint density at radius 1 is 1.23 bits per heavy atom. The smallest absolute Gasteiger partial charge is 0.248 e. The summed E-state index contributed by atoms with van der Waals surface area (Å²) in [5, 5.41) is 2.85. The highest BCUT2D eigenvalue weighted by Gasteiger charge is 2.05. The molecule has 0 aliphatic heterocycles. The zero-order valence-corrected chi connectivity index (χ0v) is 14.9. The van der Waals surface area contributed by atoms with Crippen molar-refractivity contribution >= 4 is 34.7 Å². The molecular formula is C20H16N4OS. The first-order valence-electron chi connectivity index (χ1n) is 8.11. The number of aromatic nitrogens is 3. The van der Waals surface area contributed by atoms with Gasteiger partial charge in [-0.3, -0.25) is 9.78 Å². The van der Waals surface area contributed by atoms with E-state index in [2.05, 4.69) is 28.3 Å². The second-order valence-electron chi connectivity index (χ2n) is 5.90. The molecule has 4 rings (SSSR count). The third-order valence-electron chi connectivity index (χ3n) is 3.91. The Morgan fingerprint density at radius 3 is 2.85 bits per heavy atom. The van der Waals surface area contributed by atoms with Gasteiger partial charge in [-0.05, 0) is 42.8 Å². The van der Waals surface area contributed by atoms with Crippen molar-refractivity contribution in [1.29, 1.82) is 0 Å². The molecule has 4 aromatic rings. The maximum Gasteiger partial charge on any atom is 0.248 e. The van der Waals surface area contributed by atoms with Gasteiger partial charge in [0.25, 0.3) is 0 Å². The molecule has 0 atom stereocenters. The number of carbonyl (C=O) groups is 1.